The molecule has 0 aliphatic carbocycles. The predicted molar refractivity (Wildman–Crippen MR) is 98.6 cm³/mol. The molecule has 1 unspecified atom stereocenters. The fourth-order valence-corrected chi connectivity index (χ4v) is 2.78. The van der Waals surface area contributed by atoms with Crippen LogP contribution in [-0.4, -0.2) is 16.1 Å². The van der Waals surface area contributed by atoms with E-state index in [0.29, 0.717) is 28.3 Å². The topological polar surface area (TPSA) is 46.9 Å². The van der Waals surface area contributed by atoms with E-state index in [4.69, 9.17) is 4.98 Å². The Morgan fingerprint density at radius 2 is 1.76 bits per heavy atom. The fraction of sp³-hybridized carbons (Fsp3) is 0.300. The van der Waals surface area contributed by atoms with Crippen LogP contribution < -0.4 is 10.9 Å². The molecule has 3 aromatic rings. The maximum atomic E-state index is 13.3. The first-order chi connectivity index (χ1) is 12.0. The largest absolute Gasteiger partial charge is 0.307 e. The van der Waals surface area contributed by atoms with Gasteiger partial charge >= 0.3 is 0 Å². The van der Waals surface area contributed by atoms with Crippen LogP contribution in [0, 0.1) is 11.7 Å². The first-order valence-corrected chi connectivity index (χ1v) is 8.48. The lowest BCUT2D eigenvalue weighted by atomic mass is 10.1. The molecule has 0 spiro atoms. The minimum absolute atomic E-state index is 0.121. The Bertz CT molecular complexity index is 932. The maximum absolute atomic E-state index is 13.3. The molecular formula is C20H22FN3O. The van der Waals surface area contributed by atoms with Gasteiger partial charge in [0.25, 0.3) is 5.56 Å². The van der Waals surface area contributed by atoms with Crippen molar-refractivity contribution < 1.29 is 4.39 Å². The fourth-order valence-electron chi connectivity index (χ4n) is 2.78. The van der Waals surface area contributed by atoms with Crippen LogP contribution >= 0.6 is 0 Å². The lowest BCUT2D eigenvalue weighted by molar-refractivity contribution is 0.475. The highest BCUT2D eigenvalue weighted by molar-refractivity contribution is 5.77. The molecule has 3 rings (SSSR count). The van der Waals surface area contributed by atoms with Gasteiger partial charge in [0.1, 0.15) is 11.6 Å². The molecule has 1 aromatic heterocycles. The number of benzene rings is 2. The maximum Gasteiger partial charge on any atom is 0.266 e. The van der Waals surface area contributed by atoms with Crippen LogP contribution in [0.3, 0.4) is 0 Å². The highest BCUT2D eigenvalue weighted by atomic mass is 19.1. The zero-order chi connectivity index (χ0) is 18.0. The first-order valence-electron chi connectivity index (χ1n) is 8.48. The van der Waals surface area contributed by atoms with Gasteiger partial charge in [-0.1, -0.05) is 26.0 Å². The summed E-state index contributed by atoms with van der Waals surface area (Å²) in [6, 6.07) is 13.1. The van der Waals surface area contributed by atoms with Gasteiger partial charge in [-0.2, -0.15) is 0 Å². The van der Waals surface area contributed by atoms with Crippen LogP contribution in [0.2, 0.25) is 0 Å². The second-order valence-corrected chi connectivity index (χ2v) is 6.63. The van der Waals surface area contributed by atoms with Crippen molar-refractivity contribution in [1.29, 1.82) is 0 Å². The summed E-state index contributed by atoms with van der Waals surface area (Å²) in [6.45, 7) is 7.05. The molecule has 4 nitrogen and oxygen atoms in total. The summed E-state index contributed by atoms with van der Waals surface area (Å²) in [5.41, 5.74) is 1.13. The van der Waals surface area contributed by atoms with E-state index in [9.17, 15) is 9.18 Å². The quantitative estimate of drug-likeness (QED) is 0.768. The normalized spacial score (nSPS) is 12.7. The van der Waals surface area contributed by atoms with Gasteiger partial charge in [-0.3, -0.25) is 9.36 Å². The number of nitrogens with zero attached hydrogens (tertiary/aromatic N) is 2. The van der Waals surface area contributed by atoms with Gasteiger partial charge in [0, 0.05) is 0 Å². The monoisotopic (exact) mass is 339 g/mol. The Balaban J connectivity index is 2.20. The zero-order valence-corrected chi connectivity index (χ0v) is 14.7. The Labute approximate surface area is 146 Å². The third kappa shape index (κ3) is 3.61. The summed E-state index contributed by atoms with van der Waals surface area (Å²) in [7, 11) is 0. The van der Waals surface area contributed by atoms with Gasteiger partial charge in [0.05, 0.1) is 22.6 Å². The van der Waals surface area contributed by atoms with Crippen LogP contribution in [0.25, 0.3) is 16.6 Å². The summed E-state index contributed by atoms with van der Waals surface area (Å²) in [4.78, 5) is 17.8. The summed E-state index contributed by atoms with van der Waals surface area (Å²) in [6.07, 6.45) is 0. The van der Waals surface area contributed by atoms with Gasteiger partial charge in [-0.05, 0) is 55.8 Å². The number of rotatable bonds is 5. The zero-order valence-electron chi connectivity index (χ0n) is 14.7. The van der Waals surface area contributed by atoms with Gasteiger partial charge in [-0.15, -0.1) is 0 Å². The molecule has 0 amide bonds. The van der Waals surface area contributed by atoms with E-state index in [1.54, 1.807) is 22.8 Å². The lowest BCUT2D eigenvalue weighted by Crippen LogP contribution is -2.31. The summed E-state index contributed by atoms with van der Waals surface area (Å²) < 4.78 is 14.9. The molecule has 0 saturated heterocycles. The molecule has 1 N–H and O–H groups in total. The van der Waals surface area contributed by atoms with Crippen LogP contribution in [0.5, 0.6) is 0 Å². The summed E-state index contributed by atoms with van der Waals surface area (Å²) in [5, 5.41) is 3.96. The number of halogens is 1. The van der Waals surface area contributed by atoms with Crippen LogP contribution in [0.4, 0.5) is 4.39 Å². The van der Waals surface area contributed by atoms with E-state index >= 15 is 0 Å². The predicted octanol–water partition coefficient (Wildman–Crippen LogP) is 3.83. The van der Waals surface area contributed by atoms with Gasteiger partial charge in [-0.25, -0.2) is 9.37 Å². The standard InChI is InChI=1S/C20H22FN3O/c1-13(2)12-22-14(3)19-23-18-7-5-4-6-17(18)20(25)24(19)16-10-8-15(21)9-11-16/h4-11,13-14,22H,12H2,1-3H3. The minimum atomic E-state index is -0.335. The van der Waals surface area contributed by atoms with E-state index < -0.39 is 0 Å². The second-order valence-electron chi connectivity index (χ2n) is 6.63. The van der Waals surface area contributed by atoms with Gasteiger partial charge in [0.2, 0.25) is 0 Å². The molecule has 0 radical (unpaired) electrons. The van der Waals surface area contributed by atoms with Crippen molar-refractivity contribution in [2.24, 2.45) is 5.92 Å². The molecule has 25 heavy (non-hydrogen) atoms. The highest BCUT2D eigenvalue weighted by Crippen LogP contribution is 2.18. The first kappa shape index (κ1) is 17.3. The average Bonchev–Trinajstić information content (AvgIpc) is 2.60. The number of aromatic nitrogens is 2. The van der Waals surface area contributed by atoms with Crippen molar-refractivity contribution in [3.05, 3.63) is 70.5 Å². The Hall–Kier alpha value is -2.53. The number of fused-ring (bicyclic) bond motifs is 1. The van der Waals surface area contributed by atoms with Crippen LogP contribution in [0.15, 0.2) is 53.3 Å². The molecule has 1 heterocycles. The van der Waals surface area contributed by atoms with E-state index in [1.165, 1.54) is 12.1 Å². The molecule has 2 aromatic carbocycles. The Kier molecular flexibility index (Phi) is 4.95. The minimum Gasteiger partial charge on any atom is -0.307 e. The van der Waals surface area contributed by atoms with Crippen molar-refractivity contribution in [2.45, 2.75) is 26.8 Å². The SMILES string of the molecule is CC(C)CNC(C)c1nc2ccccc2c(=O)n1-c1ccc(F)cc1. The van der Waals surface area contributed by atoms with Gasteiger partial charge < -0.3 is 5.32 Å². The smallest absolute Gasteiger partial charge is 0.266 e. The number of nitrogens with one attached hydrogen (secondary N) is 1. The van der Waals surface area contributed by atoms with E-state index in [1.807, 2.05) is 25.1 Å². The van der Waals surface area contributed by atoms with E-state index in [0.717, 1.165) is 6.54 Å². The second kappa shape index (κ2) is 7.15. The molecule has 0 aliphatic rings. The molecule has 0 aliphatic heterocycles. The van der Waals surface area contributed by atoms with Crippen molar-refractivity contribution in [3.63, 3.8) is 0 Å². The van der Waals surface area contributed by atoms with Crippen molar-refractivity contribution in [1.82, 2.24) is 14.9 Å². The highest BCUT2D eigenvalue weighted by Gasteiger charge is 2.17. The van der Waals surface area contributed by atoms with E-state index in [-0.39, 0.29) is 17.4 Å². The van der Waals surface area contributed by atoms with Crippen molar-refractivity contribution >= 4 is 10.9 Å². The molecule has 0 bridgehead atoms. The molecule has 0 saturated carbocycles. The molecular weight excluding hydrogens is 317 g/mol. The van der Waals surface area contributed by atoms with Crippen molar-refractivity contribution in [3.8, 4) is 5.69 Å². The third-order valence-corrected chi connectivity index (χ3v) is 4.11. The van der Waals surface area contributed by atoms with Gasteiger partial charge in [0.15, 0.2) is 0 Å². The Morgan fingerprint density at radius 3 is 2.44 bits per heavy atom. The summed E-state index contributed by atoms with van der Waals surface area (Å²) >= 11 is 0. The lowest BCUT2D eigenvalue weighted by Gasteiger charge is -2.20. The third-order valence-electron chi connectivity index (χ3n) is 4.11. The molecule has 1 atom stereocenters. The molecule has 5 heteroatoms. The average molecular weight is 339 g/mol. The Morgan fingerprint density at radius 1 is 1.08 bits per heavy atom. The van der Waals surface area contributed by atoms with Crippen LogP contribution in [-0.2, 0) is 0 Å². The number of hydrogen-bond acceptors (Lipinski definition) is 3. The molecule has 0 fully saturated rings. The number of para-hydroxylation sites is 1. The summed E-state index contributed by atoms with van der Waals surface area (Å²) in [5.74, 6) is 0.767. The number of hydrogen-bond donors (Lipinski definition) is 1. The van der Waals surface area contributed by atoms with Crippen molar-refractivity contribution in [2.75, 3.05) is 6.54 Å². The van der Waals surface area contributed by atoms with E-state index in [2.05, 4.69) is 19.2 Å². The molecule has 130 valence electrons. The van der Waals surface area contributed by atoms with Crippen LogP contribution in [0.1, 0.15) is 32.6 Å².